The predicted molar refractivity (Wildman–Crippen MR) is 149 cm³/mol. The number of methoxy groups -OCH3 is 2. The van der Waals surface area contributed by atoms with Crippen LogP contribution in [0.15, 0.2) is 36.7 Å². The van der Waals surface area contributed by atoms with Crippen LogP contribution in [0, 0.1) is 5.82 Å². The number of ketones is 1. The van der Waals surface area contributed by atoms with Crippen molar-refractivity contribution in [3.63, 3.8) is 0 Å². The van der Waals surface area contributed by atoms with Crippen LogP contribution in [0.4, 0.5) is 15.9 Å². The zero-order valence-electron chi connectivity index (χ0n) is 21.6. The third-order valence-electron chi connectivity index (χ3n) is 5.84. The fourth-order valence-corrected chi connectivity index (χ4v) is 5.31. The van der Waals surface area contributed by atoms with Gasteiger partial charge in [-0.15, -0.1) is 11.3 Å². The van der Waals surface area contributed by atoms with E-state index in [2.05, 4.69) is 27.1 Å². The van der Waals surface area contributed by atoms with E-state index in [0.717, 1.165) is 46.6 Å². The summed E-state index contributed by atoms with van der Waals surface area (Å²) in [7, 11) is 3.36. The lowest BCUT2D eigenvalue weighted by Gasteiger charge is -2.19. The van der Waals surface area contributed by atoms with Gasteiger partial charge in [0.2, 0.25) is 0 Å². The van der Waals surface area contributed by atoms with E-state index in [0.29, 0.717) is 44.1 Å². The number of thiophene rings is 1. The quantitative estimate of drug-likeness (QED) is 0.226. The average Bonchev–Trinajstić information content (AvgIpc) is 3.24. The zero-order valence-corrected chi connectivity index (χ0v) is 23.1. The van der Waals surface area contributed by atoms with Crippen LogP contribution in [0.3, 0.4) is 0 Å². The van der Waals surface area contributed by atoms with E-state index in [1.165, 1.54) is 18.5 Å². The van der Waals surface area contributed by atoms with Crippen molar-refractivity contribution in [2.75, 3.05) is 52.4 Å². The zero-order chi connectivity index (χ0) is 26.6. The average molecular weight is 549 g/mol. The van der Waals surface area contributed by atoms with Gasteiger partial charge in [-0.1, -0.05) is 31.0 Å². The third kappa shape index (κ3) is 8.55. The van der Waals surface area contributed by atoms with Crippen LogP contribution in [-0.2, 0) is 27.1 Å². The Labute approximate surface area is 226 Å². The number of hydrogen-bond donors (Lipinski definition) is 1. The number of nitrogens with one attached hydrogen (secondary N) is 1. The van der Waals surface area contributed by atoms with Gasteiger partial charge in [0.25, 0.3) is 0 Å². The van der Waals surface area contributed by atoms with E-state index in [1.807, 2.05) is 6.08 Å². The molecule has 0 aliphatic heterocycles. The summed E-state index contributed by atoms with van der Waals surface area (Å²) in [6, 6.07) is 4.48. The smallest absolute Gasteiger partial charge is 0.155 e. The number of halogens is 2. The van der Waals surface area contributed by atoms with Crippen molar-refractivity contribution in [1.29, 1.82) is 0 Å². The number of fused-ring (bicyclic) bond motifs is 1. The number of aryl methyl sites for hydroxylation is 2. The molecule has 10 heteroatoms. The van der Waals surface area contributed by atoms with Gasteiger partial charge in [0.1, 0.15) is 22.8 Å². The van der Waals surface area contributed by atoms with E-state index in [9.17, 15) is 9.18 Å². The number of benzene rings is 1. The summed E-state index contributed by atoms with van der Waals surface area (Å²) >= 11 is 7.55. The van der Waals surface area contributed by atoms with Crippen LogP contribution in [-0.4, -0.2) is 67.7 Å². The molecule has 0 radical (unpaired) electrons. The molecule has 7 nitrogen and oxygen atoms in total. The number of nitrogens with zero attached hydrogens (tertiary/aromatic N) is 3. The minimum Gasteiger partial charge on any atom is -0.383 e. The van der Waals surface area contributed by atoms with Crippen LogP contribution >= 0.6 is 22.9 Å². The first kappa shape index (κ1) is 29.1. The van der Waals surface area contributed by atoms with Crippen molar-refractivity contribution < 1.29 is 18.7 Å². The van der Waals surface area contributed by atoms with Crippen LogP contribution in [0.25, 0.3) is 10.2 Å². The lowest BCUT2D eigenvalue weighted by Crippen LogP contribution is -2.31. The summed E-state index contributed by atoms with van der Waals surface area (Å²) in [6.45, 7) is 5.61. The number of carbonyl (C=O) groups excluding carboxylic acids is 1. The highest BCUT2D eigenvalue weighted by Crippen LogP contribution is 2.37. The Bertz CT molecular complexity index is 1200. The molecule has 0 spiro atoms. The molecule has 0 saturated carbocycles. The molecule has 0 aliphatic rings. The first-order valence-electron chi connectivity index (χ1n) is 12.3. The molecule has 0 fully saturated rings. The second-order valence-corrected chi connectivity index (χ2v) is 10.1. The molecular weight excluding hydrogens is 515 g/mol. The van der Waals surface area contributed by atoms with Gasteiger partial charge >= 0.3 is 0 Å². The highest BCUT2D eigenvalue weighted by atomic mass is 35.5. The molecule has 1 N–H and O–H groups in total. The van der Waals surface area contributed by atoms with Crippen molar-refractivity contribution in [2.45, 2.75) is 32.6 Å². The van der Waals surface area contributed by atoms with Gasteiger partial charge < -0.3 is 14.8 Å². The maximum Gasteiger partial charge on any atom is 0.155 e. The molecule has 3 aromatic rings. The Hall–Kier alpha value is -2.43. The summed E-state index contributed by atoms with van der Waals surface area (Å²) in [5.41, 5.74) is 1.80. The molecule has 0 amide bonds. The standard InChI is InChI=1S/C27H34ClFN4O3S/c1-4-6-21-24(11-9-20(34)7-5-12-33(13-15-35-2)14-16-36-3)37-27-25(21)26(30-18-31-27)32-19-8-10-23(29)22(28)17-19/h5,7-8,10,17-18H,4,6,9,11-16H2,1-3H3,(H,30,31,32)/b7-5+. The van der Waals surface area contributed by atoms with E-state index in [-0.39, 0.29) is 10.8 Å². The molecule has 200 valence electrons. The number of carbonyl (C=O) groups is 1. The predicted octanol–water partition coefficient (Wildman–Crippen LogP) is 5.83. The molecular formula is C27H34ClFN4O3S. The van der Waals surface area contributed by atoms with Gasteiger partial charge in [0.05, 0.1) is 23.6 Å². The topological polar surface area (TPSA) is 76.6 Å². The van der Waals surface area contributed by atoms with Crippen molar-refractivity contribution in [2.24, 2.45) is 0 Å². The fourth-order valence-electron chi connectivity index (χ4n) is 3.95. The van der Waals surface area contributed by atoms with Gasteiger partial charge in [0.15, 0.2) is 5.78 Å². The second-order valence-electron chi connectivity index (χ2n) is 8.56. The van der Waals surface area contributed by atoms with E-state index < -0.39 is 5.82 Å². The molecule has 0 aliphatic carbocycles. The number of anilines is 2. The molecule has 2 aromatic heterocycles. The first-order chi connectivity index (χ1) is 18.0. The van der Waals surface area contributed by atoms with Crippen LogP contribution in [0.2, 0.25) is 5.02 Å². The summed E-state index contributed by atoms with van der Waals surface area (Å²) in [5, 5.41) is 4.25. The van der Waals surface area contributed by atoms with Crippen molar-refractivity contribution >= 4 is 50.4 Å². The summed E-state index contributed by atoms with van der Waals surface area (Å²) < 4.78 is 23.9. The molecule has 0 bridgehead atoms. The van der Waals surface area contributed by atoms with E-state index in [1.54, 1.807) is 37.7 Å². The van der Waals surface area contributed by atoms with Gasteiger partial charge in [-0.05, 0) is 42.7 Å². The second kappa shape index (κ2) is 15.1. The van der Waals surface area contributed by atoms with E-state index in [4.69, 9.17) is 21.1 Å². The molecule has 2 heterocycles. The SMILES string of the molecule is CCCc1c(CCC(=O)/C=C/CN(CCOC)CCOC)sc2ncnc(Nc3ccc(F)c(Cl)c3)c12. The van der Waals surface area contributed by atoms with Gasteiger partial charge in [0, 0.05) is 50.8 Å². The number of hydrogen-bond acceptors (Lipinski definition) is 8. The van der Waals surface area contributed by atoms with Gasteiger partial charge in [-0.2, -0.15) is 0 Å². The highest BCUT2D eigenvalue weighted by molar-refractivity contribution is 7.19. The number of rotatable bonds is 16. The monoisotopic (exact) mass is 548 g/mol. The van der Waals surface area contributed by atoms with Gasteiger partial charge in [-0.25, -0.2) is 14.4 Å². The largest absolute Gasteiger partial charge is 0.383 e. The van der Waals surface area contributed by atoms with Crippen LogP contribution < -0.4 is 5.32 Å². The summed E-state index contributed by atoms with van der Waals surface area (Å²) in [4.78, 5) is 25.8. The Morgan fingerprint density at radius 3 is 2.62 bits per heavy atom. The molecule has 0 unspecified atom stereocenters. The lowest BCUT2D eigenvalue weighted by atomic mass is 10.0. The minimum atomic E-state index is -0.471. The Kier molecular flexibility index (Phi) is 11.9. The highest BCUT2D eigenvalue weighted by Gasteiger charge is 2.18. The van der Waals surface area contributed by atoms with Crippen LogP contribution in [0.1, 0.15) is 30.2 Å². The number of ether oxygens (including phenoxy) is 2. The summed E-state index contributed by atoms with van der Waals surface area (Å²) in [6.07, 6.45) is 7.94. The normalized spacial score (nSPS) is 11.7. The molecule has 37 heavy (non-hydrogen) atoms. The van der Waals surface area contributed by atoms with Crippen LogP contribution in [0.5, 0.6) is 0 Å². The minimum absolute atomic E-state index is 0.0437. The molecule has 0 atom stereocenters. The van der Waals surface area contributed by atoms with Crippen molar-refractivity contribution in [1.82, 2.24) is 14.9 Å². The summed E-state index contributed by atoms with van der Waals surface area (Å²) in [5.74, 6) is 0.265. The van der Waals surface area contributed by atoms with E-state index >= 15 is 0 Å². The Balaban J connectivity index is 1.71. The fraction of sp³-hybridized carbons (Fsp3) is 0.444. The molecule has 0 saturated heterocycles. The number of allylic oxidation sites excluding steroid dienone is 1. The first-order valence-corrected chi connectivity index (χ1v) is 13.5. The maximum atomic E-state index is 13.6. The third-order valence-corrected chi connectivity index (χ3v) is 7.33. The van der Waals surface area contributed by atoms with Crippen molar-refractivity contribution in [3.8, 4) is 0 Å². The molecule has 1 aromatic carbocycles. The van der Waals surface area contributed by atoms with Crippen molar-refractivity contribution in [3.05, 3.63) is 58.0 Å². The number of aromatic nitrogens is 2. The lowest BCUT2D eigenvalue weighted by molar-refractivity contribution is -0.114. The van der Waals surface area contributed by atoms with Gasteiger partial charge in [-0.3, -0.25) is 9.69 Å². The maximum absolute atomic E-state index is 13.6. The Morgan fingerprint density at radius 1 is 1.19 bits per heavy atom. The molecule has 3 rings (SSSR count). The Morgan fingerprint density at radius 2 is 1.95 bits per heavy atom.